The third-order valence-corrected chi connectivity index (χ3v) is 5.22. The van der Waals surface area contributed by atoms with Gasteiger partial charge in [0.2, 0.25) is 0 Å². The fourth-order valence-electron chi connectivity index (χ4n) is 3.16. The summed E-state index contributed by atoms with van der Waals surface area (Å²) in [5, 5.41) is 52.2. The van der Waals surface area contributed by atoms with Gasteiger partial charge >= 0.3 is 11.9 Å². The van der Waals surface area contributed by atoms with E-state index in [0.29, 0.717) is 22.7 Å². The van der Waals surface area contributed by atoms with Gasteiger partial charge in [-0.2, -0.15) is 20.5 Å². The van der Waals surface area contributed by atoms with Crippen LogP contribution in [0.2, 0.25) is 0 Å². The molecule has 0 heterocycles. The van der Waals surface area contributed by atoms with Crippen molar-refractivity contribution in [3.05, 3.63) is 90.0 Å². The Kier molecular flexibility index (Phi) is 7.62. The summed E-state index contributed by atoms with van der Waals surface area (Å²) in [6.45, 7) is 0. The fraction of sp³-hybridized carbons (Fsp3) is 0. The Labute approximate surface area is 220 Å². The molecule has 13 nitrogen and oxygen atoms in total. The number of carboxylic acid groups (broad SMARTS) is 2. The SMILES string of the molecule is Nc1ccc(N=Nc2ccc(C(=O)O)cc2)c(N)c1N=Nc1ccc(N=Nc2ccc(O)c(C(=O)O)c2)cc1. The van der Waals surface area contributed by atoms with E-state index >= 15 is 0 Å². The van der Waals surface area contributed by atoms with Crippen molar-refractivity contribution in [3.8, 4) is 5.75 Å². The highest BCUT2D eigenvalue weighted by atomic mass is 16.4. The van der Waals surface area contributed by atoms with E-state index in [1.807, 2.05) is 0 Å². The molecule has 39 heavy (non-hydrogen) atoms. The van der Waals surface area contributed by atoms with Gasteiger partial charge in [-0.1, -0.05) is 0 Å². The average molecular weight is 524 g/mol. The van der Waals surface area contributed by atoms with E-state index in [1.54, 1.807) is 36.4 Å². The quantitative estimate of drug-likeness (QED) is 0.118. The first-order valence-corrected chi connectivity index (χ1v) is 11.1. The molecule has 0 fully saturated rings. The van der Waals surface area contributed by atoms with Crippen LogP contribution < -0.4 is 11.5 Å². The maximum absolute atomic E-state index is 11.1. The maximum Gasteiger partial charge on any atom is 0.339 e. The van der Waals surface area contributed by atoms with Crippen molar-refractivity contribution in [1.29, 1.82) is 0 Å². The summed E-state index contributed by atoms with van der Waals surface area (Å²) in [6, 6.07) is 19.4. The number of aromatic hydroxyl groups is 1. The molecule has 0 unspecified atom stereocenters. The van der Waals surface area contributed by atoms with Crippen LogP contribution >= 0.6 is 0 Å². The van der Waals surface area contributed by atoms with E-state index in [0.717, 1.165) is 0 Å². The van der Waals surface area contributed by atoms with Crippen LogP contribution in [-0.4, -0.2) is 27.3 Å². The number of carboxylic acids is 2. The largest absolute Gasteiger partial charge is 0.507 e. The minimum Gasteiger partial charge on any atom is -0.507 e. The first kappa shape index (κ1) is 26.1. The summed E-state index contributed by atoms with van der Waals surface area (Å²) in [7, 11) is 0. The Morgan fingerprint density at radius 2 is 1.10 bits per heavy atom. The monoisotopic (exact) mass is 524 g/mol. The molecule has 4 rings (SSSR count). The molecule has 0 aromatic heterocycles. The second-order valence-electron chi connectivity index (χ2n) is 7.91. The lowest BCUT2D eigenvalue weighted by atomic mass is 10.2. The van der Waals surface area contributed by atoms with Gasteiger partial charge in [0, 0.05) is 0 Å². The van der Waals surface area contributed by atoms with Crippen molar-refractivity contribution in [2.24, 2.45) is 30.7 Å². The number of hydrogen-bond acceptors (Lipinski definition) is 11. The normalized spacial score (nSPS) is 11.5. The van der Waals surface area contributed by atoms with Crippen molar-refractivity contribution in [2.75, 3.05) is 11.5 Å². The van der Waals surface area contributed by atoms with E-state index in [1.165, 1.54) is 42.5 Å². The molecule has 0 amide bonds. The minimum atomic E-state index is -1.28. The Hall–Kier alpha value is -5.98. The number of azo groups is 3. The van der Waals surface area contributed by atoms with Crippen molar-refractivity contribution in [2.45, 2.75) is 0 Å². The van der Waals surface area contributed by atoms with Crippen molar-refractivity contribution in [3.63, 3.8) is 0 Å². The molecule has 0 aliphatic carbocycles. The van der Waals surface area contributed by atoms with Gasteiger partial charge in [-0.25, -0.2) is 9.59 Å². The molecule has 0 atom stereocenters. The predicted octanol–water partition coefficient (Wildman–Crippen LogP) is 7.20. The molecule has 0 spiro atoms. The first-order valence-electron chi connectivity index (χ1n) is 11.1. The van der Waals surface area contributed by atoms with E-state index in [4.69, 9.17) is 21.7 Å². The van der Waals surface area contributed by atoms with Crippen molar-refractivity contribution in [1.82, 2.24) is 0 Å². The van der Waals surface area contributed by atoms with E-state index in [2.05, 4.69) is 30.7 Å². The summed E-state index contributed by atoms with van der Waals surface area (Å²) in [5.74, 6) is -2.68. The zero-order valence-corrected chi connectivity index (χ0v) is 20.0. The maximum atomic E-state index is 11.1. The van der Waals surface area contributed by atoms with Gasteiger partial charge in [0.15, 0.2) is 0 Å². The molecule has 7 N–H and O–H groups in total. The first-order chi connectivity index (χ1) is 18.7. The third kappa shape index (κ3) is 6.42. The number of rotatable bonds is 8. The molecule has 0 saturated heterocycles. The number of nitrogens with two attached hydrogens (primary N) is 2. The molecular weight excluding hydrogens is 504 g/mol. The number of nitrogen functional groups attached to an aromatic ring is 2. The number of hydrogen-bond donors (Lipinski definition) is 5. The summed E-state index contributed by atoms with van der Waals surface area (Å²) < 4.78 is 0. The van der Waals surface area contributed by atoms with Crippen LogP contribution in [0.3, 0.4) is 0 Å². The molecule has 0 aliphatic rings. The summed E-state index contributed by atoms with van der Waals surface area (Å²) in [4.78, 5) is 22.1. The number of aromatic carboxylic acids is 2. The van der Waals surface area contributed by atoms with Crippen LogP contribution in [0.15, 0.2) is 110 Å². The number of nitrogens with zero attached hydrogens (tertiary/aromatic N) is 6. The lowest BCUT2D eigenvalue weighted by molar-refractivity contribution is 0.0684. The van der Waals surface area contributed by atoms with Crippen molar-refractivity contribution < 1.29 is 24.9 Å². The Bertz CT molecular complexity index is 1630. The smallest absolute Gasteiger partial charge is 0.339 e. The lowest BCUT2D eigenvalue weighted by Crippen LogP contribution is -1.95. The summed E-state index contributed by atoms with van der Waals surface area (Å²) in [6.07, 6.45) is 0. The third-order valence-electron chi connectivity index (χ3n) is 5.22. The lowest BCUT2D eigenvalue weighted by Gasteiger charge is -2.06. The van der Waals surface area contributed by atoms with Crippen LogP contribution in [0.25, 0.3) is 0 Å². The number of phenols is 1. The molecule has 4 aromatic rings. The second-order valence-corrected chi connectivity index (χ2v) is 7.91. The standard InChI is InChI=1S/C26H20N8O5/c27-20-10-11-21(33-30-15-3-1-14(2-4-15)25(36)37)23(28)24(20)34-31-17-7-5-16(6-8-17)29-32-18-9-12-22(35)19(13-18)26(38)39/h1-13,35H,27-28H2,(H,36,37)(H,38,39). The minimum absolute atomic E-state index is 0.131. The van der Waals surface area contributed by atoms with Crippen LogP contribution in [0, 0.1) is 0 Å². The molecule has 0 aliphatic heterocycles. The van der Waals surface area contributed by atoms with Crippen LogP contribution in [0.1, 0.15) is 20.7 Å². The van der Waals surface area contributed by atoms with Crippen LogP contribution in [0.4, 0.5) is 45.5 Å². The van der Waals surface area contributed by atoms with Gasteiger partial charge in [0.1, 0.15) is 22.7 Å². The highest BCUT2D eigenvalue weighted by Crippen LogP contribution is 2.39. The number of anilines is 2. The van der Waals surface area contributed by atoms with Crippen molar-refractivity contribution >= 4 is 57.4 Å². The number of carbonyl (C=O) groups is 2. The molecule has 0 radical (unpaired) electrons. The van der Waals surface area contributed by atoms with Crippen LogP contribution in [0.5, 0.6) is 5.75 Å². The van der Waals surface area contributed by atoms with Gasteiger partial charge in [0.25, 0.3) is 0 Å². The molecule has 194 valence electrons. The molecule has 13 heteroatoms. The topological polar surface area (TPSA) is 221 Å². The van der Waals surface area contributed by atoms with Gasteiger partial charge in [-0.3, -0.25) is 0 Å². The number of benzene rings is 4. The zero-order valence-electron chi connectivity index (χ0n) is 20.0. The zero-order chi connectivity index (χ0) is 27.9. The summed E-state index contributed by atoms with van der Waals surface area (Å²) >= 11 is 0. The Morgan fingerprint density at radius 1 is 0.590 bits per heavy atom. The highest BCUT2D eigenvalue weighted by molar-refractivity contribution is 5.91. The van der Waals surface area contributed by atoms with E-state index in [-0.39, 0.29) is 39.6 Å². The van der Waals surface area contributed by atoms with Crippen LogP contribution in [-0.2, 0) is 0 Å². The second kappa shape index (κ2) is 11.4. The fourth-order valence-corrected chi connectivity index (χ4v) is 3.16. The van der Waals surface area contributed by atoms with Gasteiger partial charge in [-0.15, -0.1) is 10.2 Å². The summed E-state index contributed by atoms with van der Waals surface area (Å²) in [5.41, 5.74) is 14.6. The van der Waals surface area contributed by atoms with Gasteiger partial charge in [-0.05, 0) is 78.9 Å². The van der Waals surface area contributed by atoms with E-state index < -0.39 is 11.9 Å². The van der Waals surface area contributed by atoms with E-state index in [9.17, 15) is 14.7 Å². The Balaban J connectivity index is 1.48. The highest BCUT2D eigenvalue weighted by Gasteiger charge is 2.11. The van der Waals surface area contributed by atoms with Gasteiger partial charge in [0.05, 0.1) is 39.7 Å². The molecular formula is C26H20N8O5. The molecule has 0 bridgehead atoms. The predicted molar refractivity (Wildman–Crippen MR) is 143 cm³/mol. The molecule has 0 saturated carbocycles. The molecule has 4 aromatic carbocycles. The average Bonchev–Trinajstić information content (AvgIpc) is 2.92. The Morgan fingerprint density at radius 3 is 1.69 bits per heavy atom. The van der Waals surface area contributed by atoms with Gasteiger partial charge < -0.3 is 26.8 Å².